The van der Waals surface area contributed by atoms with Crippen LogP contribution in [0.15, 0.2) is 42.6 Å². The predicted octanol–water partition coefficient (Wildman–Crippen LogP) is 1.66. The van der Waals surface area contributed by atoms with E-state index in [4.69, 9.17) is 10.5 Å². The van der Waals surface area contributed by atoms with Gasteiger partial charge < -0.3 is 20.7 Å². The number of rotatable bonds is 5. The van der Waals surface area contributed by atoms with Crippen LogP contribution in [0.2, 0.25) is 0 Å². The second-order valence-corrected chi connectivity index (χ2v) is 5.98. The van der Waals surface area contributed by atoms with Crippen molar-refractivity contribution in [3.05, 3.63) is 48.2 Å². The van der Waals surface area contributed by atoms with Gasteiger partial charge in [0.15, 0.2) is 0 Å². The van der Waals surface area contributed by atoms with Crippen LogP contribution in [0.3, 0.4) is 0 Å². The number of nitrogens with one attached hydrogen (secondary N) is 1. The van der Waals surface area contributed by atoms with Crippen molar-refractivity contribution in [2.75, 3.05) is 24.7 Å². The first-order valence-electron chi connectivity index (χ1n) is 7.98. The molecule has 2 amide bonds. The predicted molar refractivity (Wildman–Crippen MR) is 93.8 cm³/mol. The normalized spacial score (nSPS) is 16.8. The number of nitrogens with zero attached hydrogens (tertiary/aromatic N) is 2. The maximum Gasteiger partial charge on any atom is 0.229 e. The average molecular weight is 340 g/mol. The molecule has 1 saturated heterocycles. The van der Waals surface area contributed by atoms with Gasteiger partial charge >= 0.3 is 0 Å². The fraction of sp³-hybridized carbons (Fsp3) is 0.278. The molecule has 2 aromatic rings. The summed E-state index contributed by atoms with van der Waals surface area (Å²) < 4.78 is 5.13. The Kier molecular flexibility index (Phi) is 4.83. The van der Waals surface area contributed by atoms with Crippen molar-refractivity contribution >= 4 is 23.3 Å². The summed E-state index contributed by atoms with van der Waals surface area (Å²) in [5, 5.41) is 2.78. The van der Waals surface area contributed by atoms with Gasteiger partial charge in [-0.2, -0.15) is 0 Å². The second-order valence-electron chi connectivity index (χ2n) is 5.98. The zero-order chi connectivity index (χ0) is 17.8. The number of hydrogen-bond acceptors (Lipinski definition) is 5. The molecule has 1 aromatic carbocycles. The number of amides is 2. The van der Waals surface area contributed by atoms with Crippen LogP contribution in [0.25, 0.3) is 0 Å². The summed E-state index contributed by atoms with van der Waals surface area (Å²) in [5.74, 6) is 0.581. The third-order valence-electron chi connectivity index (χ3n) is 4.17. The molecule has 1 aliphatic heterocycles. The van der Waals surface area contributed by atoms with Gasteiger partial charge in [-0.1, -0.05) is 12.1 Å². The molecule has 1 aliphatic rings. The van der Waals surface area contributed by atoms with Crippen LogP contribution >= 0.6 is 0 Å². The van der Waals surface area contributed by atoms with Gasteiger partial charge in [-0.05, 0) is 29.8 Å². The highest BCUT2D eigenvalue weighted by molar-refractivity contribution is 5.97. The van der Waals surface area contributed by atoms with Crippen molar-refractivity contribution in [3.8, 4) is 5.75 Å². The Labute approximate surface area is 145 Å². The van der Waals surface area contributed by atoms with E-state index in [1.807, 2.05) is 24.3 Å². The van der Waals surface area contributed by atoms with Gasteiger partial charge in [-0.15, -0.1) is 0 Å². The van der Waals surface area contributed by atoms with Crippen LogP contribution in [0.1, 0.15) is 12.0 Å². The van der Waals surface area contributed by atoms with E-state index in [1.54, 1.807) is 24.1 Å². The van der Waals surface area contributed by atoms with E-state index < -0.39 is 0 Å². The summed E-state index contributed by atoms with van der Waals surface area (Å²) >= 11 is 0. The van der Waals surface area contributed by atoms with Gasteiger partial charge in [-0.3, -0.25) is 9.59 Å². The first-order chi connectivity index (χ1) is 12.0. The number of benzene rings is 1. The number of aromatic nitrogens is 1. The Balaban J connectivity index is 1.59. The molecule has 1 aromatic heterocycles. The first kappa shape index (κ1) is 16.8. The highest BCUT2D eigenvalue weighted by Gasteiger charge is 2.34. The summed E-state index contributed by atoms with van der Waals surface area (Å²) in [6, 6.07) is 10.8. The minimum atomic E-state index is -0.372. The van der Waals surface area contributed by atoms with E-state index in [9.17, 15) is 9.59 Å². The largest absolute Gasteiger partial charge is 0.497 e. The van der Waals surface area contributed by atoms with Crippen LogP contribution < -0.4 is 15.8 Å². The number of anilines is 2. The lowest BCUT2D eigenvalue weighted by molar-refractivity contribution is -0.128. The number of carbonyl (C=O) groups is 2. The van der Waals surface area contributed by atoms with E-state index in [-0.39, 0.29) is 24.2 Å². The maximum atomic E-state index is 12.4. The molecular weight excluding hydrogens is 320 g/mol. The fourth-order valence-corrected chi connectivity index (χ4v) is 2.78. The summed E-state index contributed by atoms with van der Waals surface area (Å²) in [5.41, 5.74) is 7.09. The Hall–Kier alpha value is -3.09. The van der Waals surface area contributed by atoms with Crippen LogP contribution in [0.5, 0.6) is 5.75 Å². The van der Waals surface area contributed by atoms with E-state index in [0.717, 1.165) is 11.3 Å². The highest BCUT2D eigenvalue weighted by Crippen LogP contribution is 2.22. The molecule has 1 fully saturated rings. The van der Waals surface area contributed by atoms with Gasteiger partial charge in [0.2, 0.25) is 11.8 Å². The zero-order valence-corrected chi connectivity index (χ0v) is 13.9. The number of methoxy groups -OCH3 is 1. The van der Waals surface area contributed by atoms with E-state index >= 15 is 0 Å². The molecular formula is C18H20N4O3. The number of nitrogens with two attached hydrogens (primary N) is 1. The van der Waals surface area contributed by atoms with Crippen molar-refractivity contribution in [1.82, 2.24) is 9.88 Å². The summed E-state index contributed by atoms with van der Waals surface area (Å²) in [4.78, 5) is 30.2. The third-order valence-corrected chi connectivity index (χ3v) is 4.17. The molecule has 130 valence electrons. The first-order valence-corrected chi connectivity index (χ1v) is 7.98. The SMILES string of the molecule is COc1ccc(CN2CC(C(=O)Nc3ccc(N)nc3)CC2=O)cc1. The fourth-order valence-electron chi connectivity index (χ4n) is 2.78. The molecule has 1 atom stereocenters. The van der Waals surface area contributed by atoms with Crippen LogP contribution in [-0.4, -0.2) is 35.4 Å². The average Bonchev–Trinajstić information content (AvgIpc) is 2.98. The standard InChI is InChI=1S/C18H20N4O3/c1-25-15-5-2-12(3-6-15)10-22-11-13(8-17(22)23)18(24)21-14-4-7-16(19)20-9-14/h2-7,9,13H,8,10-11H2,1H3,(H2,19,20)(H,21,24). The molecule has 1 unspecified atom stereocenters. The Morgan fingerprint density at radius 3 is 2.72 bits per heavy atom. The molecule has 0 saturated carbocycles. The quantitative estimate of drug-likeness (QED) is 0.863. The lowest BCUT2D eigenvalue weighted by Gasteiger charge is -2.17. The number of carbonyl (C=O) groups excluding carboxylic acids is 2. The van der Waals surface area contributed by atoms with Crippen molar-refractivity contribution in [1.29, 1.82) is 0 Å². The molecule has 2 heterocycles. The minimum Gasteiger partial charge on any atom is -0.497 e. The van der Waals surface area contributed by atoms with Gasteiger partial charge in [0, 0.05) is 19.5 Å². The van der Waals surface area contributed by atoms with Crippen LogP contribution in [0, 0.1) is 5.92 Å². The number of pyridine rings is 1. The Morgan fingerprint density at radius 2 is 2.08 bits per heavy atom. The molecule has 7 nitrogen and oxygen atoms in total. The topological polar surface area (TPSA) is 97.6 Å². The van der Waals surface area contributed by atoms with Crippen LogP contribution in [0.4, 0.5) is 11.5 Å². The molecule has 0 bridgehead atoms. The highest BCUT2D eigenvalue weighted by atomic mass is 16.5. The van der Waals surface area contributed by atoms with Gasteiger partial charge in [-0.25, -0.2) is 4.98 Å². The van der Waals surface area contributed by atoms with Crippen molar-refractivity contribution in [2.24, 2.45) is 5.92 Å². The van der Waals surface area contributed by atoms with Crippen LogP contribution in [-0.2, 0) is 16.1 Å². The number of nitrogen functional groups attached to an aromatic ring is 1. The van der Waals surface area contributed by atoms with E-state index in [0.29, 0.717) is 24.6 Å². The smallest absolute Gasteiger partial charge is 0.229 e. The Morgan fingerprint density at radius 1 is 1.32 bits per heavy atom. The maximum absolute atomic E-state index is 12.4. The summed E-state index contributed by atoms with van der Waals surface area (Å²) in [6.07, 6.45) is 1.71. The lowest BCUT2D eigenvalue weighted by Crippen LogP contribution is -2.28. The molecule has 25 heavy (non-hydrogen) atoms. The lowest BCUT2D eigenvalue weighted by atomic mass is 10.1. The number of hydrogen-bond donors (Lipinski definition) is 2. The second kappa shape index (κ2) is 7.21. The summed E-state index contributed by atoms with van der Waals surface area (Å²) in [7, 11) is 1.61. The molecule has 0 aliphatic carbocycles. The van der Waals surface area contributed by atoms with E-state index in [2.05, 4.69) is 10.3 Å². The molecule has 0 spiro atoms. The van der Waals surface area contributed by atoms with Crippen molar-refractivity contribution < 1.29 is 14.3 Å². The zero-order valence-electron chi connectivity index (χ0n) is 13.9. The van der Waals surface area contributed by atoms with Gasteiger partial charge in [0.05, 0.1) is 24.9 Å². The van der Waals surface area contributed by atoms with Crippen molar-refractivity contribution in [3.63, 3.8) is 0 Å². The molecule has 3 rings (SSSR count). The van der Waals surface area contributed by atoms with E-state index in [1.165, 1.54) is 6.20 Å². The number of likely N-dealkylation sites (tertiary alicyclic amines) is 1. The molecule has 0 radical (unpaired) electrons. The van der Waals surface area contributed by atoms with Gasteiger partial charge in [0.25, 0.3) is 0 Å². The monoisotopic (exact) mass is 340 g/mol. The third kappa shape index (κ3) is 4.06. The minimum absolute atomic E-state index is 0.0219. The van der Waals surface area contributed by atoms with Gasteiger partial charge in [0.1, 0.15) is 11.6 Å². The van der Waals surface area contributed by atoms with Crippen molar-refractivity contribution in [2.45, 2.75) is 13.0 Å². The summed E-state index contributed by atoms with van der Waals surface area (Å²) in [6.45, 7) is 0.884. The Bertz CT molecular complexity index is 759. The molecule has 3 N–H and O–H groups in total. The molecule has 7 heteroatoms. The number of ether oxygens (including phenoxy) is 1.